The molecule has 186 valence electrons. The third-order valence-corrected chi connectivity index (χ3v) is 6.68. The summed E-state index contributed by atoms with van der Waals surface area (Å²) in [6.45, 7) is 5.13. The number of likely N-dealkylation sites (tertiary alicyclic amines) is 1. The van der Waals surface area contributed by atoms with Gasteiger partial charge in [0.25, 0.3) is 11.8 Å². The quantitative estimate of drug-likeness (QED) is 0.677. The molecule has 1 N–H and O–H groups in total. The first-order valence-electron chi connectivity index (χ1n) is 11.8. The summed E-state index contributed by atoms with van der Waals surface area (Å²) in [7, 11) is 0. The van der Waals surface area contributed by atoms with Gasteiger partial charge in [-0.25, -0.2) is 4.39 Å². The third kappa shape index (κ3) is 5.33. The Labute approximate surface area is 209 Å². The number of carbonyl (C=O) groups is 3. The zero-order chi connectivity index (χ0) is 25.2. The van der Waals surface area contributed by atoms with Gasteiger partial charge >= 0.3 is 0 Å². The van der Waals surface area contributed by atoms with E-state index in [1.807, 2.05) is 13.8 Å². The Balaban J connectivity index is 1.57. The number of nitrogens with one attached hydrogen (secondary N) is 1. The van der Waals surface area contributed by atoms with Crippen LogP contribution in [-0.4, -0.2) is 65.5 Å². The molecule has 3 amide bonds. The Morgan fingerprint density at radius 3 is 2.37 bits per heavy atom. The van der Waals surface area contributed by atoms with E-state index < -0.39 is 23.5 Å². The van der Waals surface area contributed by atoms with Crippen molar-refractivity contribution in [3.05, 3.63) is 70.5 Å². The number of amides is 3. The maximum absolute atomic E-state index is 13.9. The molecule has 0 saturated carbocycles. The minimum absolute atomic E-state index is 0.0349. The second-order valence-electron chi connectivity index (χ2n) is 9.40. The maximum atomic E-state index is 13.9. The van der Waals surface area contributed by atoms with Crippen molar-refractivity contribution in [3.63, 3.8) is 0 Å². The fourth-order valence-electron chi connectivity index (χ4n) is 4.61. The lowest BCUT2D eigenvalue weighted by atomic mass is 9.96. The molecule has 2 saturated heterocycles. The van der Waals surface area contributed by atoms with E-state index in [9.17, 15) is 18.8 Å². The normalized spacial score (nSPS) is 19.3. The summed E-state index contributed by atoms with van der Waals surface area (Å²) in [5, 5.41) is 3.36. The highest BCUT2D eigenvalue weighted by Crippen LogP contribution is 2.39. The summed E-state index contributed by atoms with van der Waals surface area (Å²) >= 11 is 6.04. The molecule has 2 aliphatic heterocycles. The fraction of sp³-hybridized carbons (Fsp3) is 0.423. The van der Waals surface area contributed by atoms with Crippen LogP contribution in [0, 0.1) is 11.7 Å². The van der Waals surface area contributed by atoms with E-state index in [0.29, 0.717) is 43.1 Å². The monoisotopic (exact) mass is 501 g/mol. The lowest BCUT2D eigenvalue weighted by Crippen LogP contribution is -2.60. The Morgan fingerprint density at radius 1 is 1.09 bits per heavy atom. The fourth-order valence-corrected chi connectivity index (χ4v) is 4.80. The minimum atomic E-state index is -1.06. The summed E-state index contributed by atoms with van der Waals surface area (Å²) in [5.74, 6) is -1.23. The number of piperidine rings is 1. The van der Waals surface area contributed by atoms with Crippen molar-refractivity contribution < 1.29 is 23.5 Å². The number of ether oxygens (including phenoxy) is 1. The number of hydrogen-bond donors (Lipinski definition) is 1. The molecule has 7 nitrogen and oxygen atoms in total. The summed E-state index contributed by atoms with van der Waals surface area (Å²) in [4.78, 5) is 42.8. The first-order valence-corrected chi connectivity index (χ1v) is 12.1. The molecular formula is C26H29ClFN3O4. The second kappa shape index (κ2) is 10.3. The van der Waals surface area contributed by atoms with Crippen molar-refractivity contribution in [1.29, 1.82) is 0 Å². The van der Waals surface area contributed by atoms with Crippen LogP contribution in [0.5, 0.6) is 0 Å². The van der Waals surface area contributed by atoms with Gasteiger partial charge in [0.1, 0.15) is 17.6 Å². The lowest BCUT2D eigenvalue weighted by molar-refractivity contribution is -0.128. The van der Waals surface area contributed by atoms with Crippen LogP contribution in [0.15, 0.2) is 48.5 Å². The van der Waals surface area contributed by atoms with Crippen LogP contribution in [0.2, 0.25) is 5.02 Å². The van der Waals surface area contributed by atoms with Crippen LogP contribution in [0.4, 0.5) is 4.39 Å². The second-order valence-corrected chi connectivity index (χ2v) is 9.84. The molecule has 0 bridgehead atoms. The van der Waals surface area contributed by atoms with Crippen molar-refractivity contribution in [2.45, 2.75) is 38.5 Å². The largest absolute Gasteiger partial charge is 0.354 e. The predicted octanol–water partition coefficient (Wildman–Crippen LogP) is 3.72. The van der Waals surface area contributed by atoms with Crippen LogP contribution in [0.1, 0.15) is 47.4 Å². The molecule has 2 heterocycles. The molecule has 0 aliphatic carbocycles. The van der Waals surface area contributed by atoms with Crippen LogP contribution < -0.4 is 5.32 Å². The SMILES string of the molecule is CC(C)CNC(=O)[C@@H]1COC2(CCN(C(=O)c3cccc(Cl)c3)CC2)N1C(=O)c1cccc(F)c1. The summed E-state index contributed by atoms with van der Waals surface area (Å²) in [6, 6.07) is 11.3. The molecule has 2 aromatic rings. The zero-order valence-corrected chi connectivity index (χ0v) is 20.6. The van der Waals surface area contributed by atoms with Gasteiger partial charge in [0, 0.05) is 48.6 Å². The molecule has 2 fully saturated rings. The molecule has 2 aliphatic rings. The Morgan fingerprint density at radius 2 is 1.74 bits per heavy atom. The standard InChI is InChI=1S/C26H29ClFN3O4/c1-17(2)15-29-23(32)22-16-35-26(31(22)25(34)19-6-4-8-21(28)14-19)9-11-30(12-10-26)24(33)18-5-3-7-20(27)13-18/h3-8,13-14,17,22H,9-12,15-16H2,1-2H3,(H,29,32)/t22-/m0/s1. The first kappa shape index (κ1) is 25.1. The highest BCUT2D eigenvalue weighted by atomic mass is 35.5. The van der Waals surface area contributed by atoms with Crippen molar-refractivity contribution in [3.8, 4) is 0 Å². The average molecular weight is 502 g/mol. The molecule has 0 radical (unpaired) electrons. The molecular weight excluding hydrogens is 473 g/mol. The van der Waals surface area contributed by atoms with Gasteiger partial charge in [0.2, 0.25) is 5.91 Å². The van der Waals surface area contributed by atoms with Crippen molar-refractivity contribution in [2.75, 3.05) is 26.2 Å². The molecule has 9 heteroatoms. The smallest absolute Gasteiger partial charge is 0.256 e. The predicted molar refractivity (Wildman–Crippen MR) is 129 cm³/mol. The van der Waals surface area contributed by atoms with Crippen molar-refractivity contribution >= 4 is 29.3 Å². The lowest BCUT2D eigenvalue weighted by Gasteiger charge is -2.44. The van der Waals surface area contributed by atoms with Gasteiger partial charge in [-0.1, -0.05) is 37.6 Å². The van der Waals surface area contributed by atoms with Crippen molar-refractivity contribution in [2.24, 2.45) is 5.92 Å². The minimum Gasteiger partial charge on any atom is -0.354 e. The molecule has 0 aromatic heterocycles. The number of halogens is 2. The average Bonchev–Trinajstić information content (AvgIpc) is 3.20. The van der Waals surface area contributed by atoms with E-state index in [1.165, 1.54) is 23.1 Å². The maximum Gasteiger partial charge on any atom is 0.256 e. The van der Waals surface area contributed by atoms with Crippen LogP contribution in [0.25, 0.3) is 0 Å². The van der Waals surface area contributed by atoms with Crippen LogP contribution >= 0.6 is 11.6 Å². The van der Waals surface area contributed by atoms with E-state index in [-0.39, 0.29) is 29.9 Å². The van der Waals surface area contributed by atoms with E-state index >= 15 is 0 Å². The molecule has 0 unspecified atom stereocenters. The van der Waals surface area contributed by atoms with E-state index in [0.717, 1.165) is 6.07 Å². The van der Waals surface area contributed by atoms with Gasteiger partial charge in [0.05, 0.1) is 6.61 Å². The van der Waals surface area contributed by atoms with Gasteiger partial charge in [-0.15, -0.1) is 0 Å². The Hall–Kier alpha value is -2.97. The van der Waals surface area contributed by atoms with Gasteiger partial charge in [-0.2, -0.15) is 0 Å². The third-order valence-electron chi connectivity index (χ3n) is 6.44. The van der Waals surface area contributed by atoms with Crippen LogP contribution in [0.3, 0.4) is 0 Å². The molecule has 2 aromatic carbocycles. The first-order chi connectivity index (χ1) is 16.7. The Bertz CT molecular complexity index is 1120. The topological polar surface area (TPSA) is 79.0 Å². The number of nitrogens with zero attached hydrogens (tertiary/aromatic N) is 2. The number of benzene rings is 2. The van der Waals surface area contributed by atoms with E-state index in [2.05, 4.69) is 5.32 Å². The zero-order valence-electron chi connectivity index (χ0n) is 19.8. The summed E-state index contributed by atoms with van der Waals surface area (Å²) in [5.41, 5.74) is -0.428. The van der Waals surface area contributed by atoms with Crippen molar-refractivity contribution in [1.82, 2.24) is 15.1 Å². The van der Waals surface area contributed by atoms with Gasteiger partial charge in [0.15, 0.2) is 0 Å². The van der Waals surface area contributed by atoms with E-state index in [4.69, 9.17) is 16.3 Å². The number of carbonyl (C=O) groups excluding carboxylic acids is 3. The highest BCUT2D eigenvalue weighted by molar-refractivity contribution is 6.30. The summed E-state index contributed by atoms with van der Waals surface area (Å²) < 4.78 is 20.1. The molecule has 4 rings (SSSR count). The molecule has 1 atom stereocenters. The Kier molecular flexibility index (Phi) is 7.42. The molecule has 1 spiro atoms. The van der Waals surface area contributed by atoms with Gasteiger partial charge in [-0.3, -0.25) is 19.3 Å². The van der Waals surface area contributed by atoms with Crippen LogP contribution in [-0.2, 0) is 9.53 Å². The van der Waals surface area contributed by atoms with E-state index in [1.54, 1.807) is 29.2 Å². The van der Waals surface area contributed by atoms with Gasteiger partial charge in [-0.05, 0) is 42.3 Å². The highest BCUT2D eigenvalue weighted by Gasteiger charge is 2.54. The summed E-state index contributed by atoms with van der Waals surface area (Å²) in [6.07, 6.45) is 0.655. The molecule has 35 heavy (non-hydrogen) atoms. The van der Waals surface area contributed by atoms with Gasteiger partial charge < -0.3 is 15.0 Å². The number of rotatable bonds is 5. The number of hydrogen-bond acceptors (Lipinski definition) is 4.